The molecule has 4 aliphatic heterocycles. The van der Waals surface area contributed by atoms with Crippen LogP contribution < -0.4 is 0 Å². The molecule has 1 unspecified atom stereocenters. The average molecular weight is 667 g/mol. The lowest BCUT2D eigenvalue weighted by molar-refractivity contribution is -0.382. The molecule has 0 amide bonds. The molecule has 0 aromatic rings. The predicted octanol–water partition coefficient (Wildman–Crippen LogP) is -9.75. The minimum absolute atomic E-state index is 0.666. The van der Waals surface area contributed by atoms with E-state index in [2.05, 4.69) is 0 Å². The number of aliphatic hydroxyl groups excluding tert-OH is 14. The number of ether oxygens (including phenoxy) is 7. The highest BCUT2D eigenvalue weighted by atomic mass is 16.8. The molecule has 45 heavy (non-hydrogen) atoms. The van der Waals surface area contributed by atoms with E-state index in [0.717, 1.165) is 0 Å². The Morgan fingerprint density at radius 3 is 1.29 bits per heavy atom. The minimum atomic E-state index is -2.02. The van der Waals surface area contributed by atoms with E-state index in [1.54, 1.807) is 0 Å². The summed E-state index contributed by atoms with van der Waals surface area (Å²) in [5.74, 6) is 0. The summed E-state index contributed by atoms with van der Waals surface area (Å²) in [7, 11) is 0. The second-order valence-electron chi connectivity index (χ2n) is 11.2. The van der Waals surface area contributed by atoms with Gasteiger partial charge in [0.2, 0.25) is 0 Å². The normalized spacial score (nSPS) is 52.9. The summed E-state index contributed by atoms with van der Waals surface area (Å²) in [6.07, 6.45) is -35.4. The van der Waals surface area contributed by atoms with E-state index >= 15 is 0 Å². The van der Waals surface area contributed by atoms with E-state index in [4.69, 9.17) is 33.2 Å². The Labute approximate surface area is 254 Å². The van der Waals surface area contributed by atoms with E-state index in [1.165, 1.54) is 0 Å². The van der Waals surface area contributed by atoms with Crippen LogP contribution in [0.1, 0.15) is 0 Å². The molecule has 20 atom stereocenters. The van der Waals surface area contributed by atoms with E-state index in [1.807, 2.05) is 0 Å². The van der Waals surface area contributed by atoms with Gasteiger partial charge in [-0.25, -0.2) is 0 Å². The number of hydrogen-bond donors (Lipinski definition) is 14. The molecule has 21 nitrogen and oxygen atoms in total. The van der Waals surface area contributed by atoms with Gasteiger partial charge in [-0.15, -0.1) is 0 Å². The van der Waals surface area contributed by atoms with Crippen molar-refractivity contribution in [3.63, 3.8) is 0 Å². The Bertz CT molecular complexity index is 916. The van der Waals surface area contributed by atoms with Crippen molar-refractivity contribution in [2.45, 2.75) is 123 Å². The van der Waals surface area contributed by atoms with Crippen molar-refractivity contribution in [3.8, 4) is 0 Å². The van der Waals surface area contributed by atoms with Gasteiger partial charge in [0.05, 0.1) is 26.4 Å². The molecule has 0 aliphatic carbocycles. The standard InChI is InChI=1S/C24H42O21/c25-1-5-9(28)14(33)16(35)23(42-5)44-20-12(31)7(3-27)43-24(18(20)37)45-19-11(30)6(2-26)41-22(17(19)36)39-4-8-10(29)13(32)15(34)21(38)40-8/h5-38H,1-4H2/t5-,6-,7-,8-,9+,10-,11-,12-,13+,14+,15-,16-,17-,18+,19+,20+,21?,22-,23-,24-/m1/s1. The molecule has 0 saturated carbocycles. The van der Waals surface area contributed by atoms with E-state index in [0.29, 0.717) is 0 Å². The first-order valence-electron chi connectivity index (χ1n) is 14.1. The molecule has 4 rings (SSSR count). The van der Waals surface area contributed by atoms with Gasteiger partial charge < -0.3 is 105 Å². The van der Waals surface area contributed by atoms with Gasteiger partial charge in [0.25, 0.3) is 0 Å². The first-order chi connectivity index (χ1) is 21.2. The molecule has 0 aromatic heterocycles. The Morgan fingerprint density at radius 2 is 0.778 bits per heavy atom. The minimum Gasteiger partial charge on any atom is -0.394 e. The summed E-state index contributed by atoms with van der Waals surface area (Å²) in [5, 5.41) is 142. The Morgan fingerprint density at radius 1 is 0.378 bits per heavy atom. The molecule has 4 heterocycles. The molecule has 0 aromatic carbocycles. The molecule has 21 heteroatoms. The topological polar surface area (TPSA) is 348 Å². The van der Waals surface area contributed by atoms with Gasteiger partial charge in [0, 0.05) is 0 Å². The van der Waals surface area contributed by atoms with Crippen LogP contribution in [0.2, 0.25) is 0 Å². The second-order valence-corrected chi connectivity index (χ2v) is 11.2. The van der Waals surface area contributed by atoms with E-state index in [-0.39, 0.29) is 0 Å². The van der Waals surface area contributed by atoms with Crippen molar-refractivity contribution < 1.29 is 105 Å². The zero-order valence-electron chi connectivity index (χ0n) is 23.5. The van der Waals surface area contributed by atoms with Gasteiger partial charge in [0.15, 0.2) is 25.2 Å². The molecular weight excluding hydrogens is 624 g/mol. The van der Waals surface area contributed by atoms with Crippen molar-refractivity contribution in [1.82, 2.24) is 0 Å². The fourth-order valence-electron chi connectivity index (χ4n) is 5.43. The van der Waals surface area contributed by atoms with Crippen molar-refractivity contribution in [2.24, 2.45) is 0 Å². The summed E-state index contributed by atoms with van der Waals surface area (Å²) < 4.78 is 37.6. The highest BCUT2D eigenvalue weighted by Crippen LogP contribution is 2.33. The molecule has 14 N–H and O–H groups in total. The highest BCUT2D eigenvalue weighted by molar-refractivity contribution is 4.97. The molecule has 4 aliphatic rings. The van der Waals surface area contributed by atoms with Crippen LogP contribution in [0.4, 0.5) is 0 Å². The average Bonchev–Trinajstić information content (AvgIpc) is 3.02. The van der Waals surface area contributed by atoms with Gasteiger partial charge in [-0.3, -0.25) is 0 Å². The lowest BCUT2D eigenvalue weighted by Crippen LogP contribution is -2.67. The highest BCUT2D eigenvalue weighted by Gasteiger charge is 2.54. The Kier molecular flexibility index (Phi) is 12.8. The quantitative estimate of drug-likeness (QED) is 0.103. The maximum Gasteiger partial charge on any atom is 0.187 e. The van der Waals surface area contributed by atoms with Gasteiger partial charge in [0.1, 0.15) is 97.7 Å². The molecular formula is C24H42O21. The van der Waals surface area contributed by atoms with Crippen LogP contribution in [-0.4, -0.2) is 221 Å². The number of rotatable bonds is 10. The molecule has 264 valence electrons. The Hall–Kier alpha value is -0.840. The van der Waals surface area contributed by atoms with Crippen molar-refractivity contribution in [3.05, 3.63) is 0 Å². The van der Waals surface area contributed by atoms with Crippen LogP contribution in [-0.2, 0) is 33.2 Å². The summed E-state index contributed by atoms with van der Waals surface area (Å²) in [6.45, 7) is -3.21. The smallest absolute Gasteiger partial charge is 0.187 e. The molecule has 0 bridgehead atoms. The molecule has 4 saturated heterocycles. The Balaban J connectivity index is 1.47. The third kappa shape index (κ3) is 7.59. The summed E-state index contributed by atoms with van der Waals surface area (Å²) in [5.41, 5.74) is 0. The number of hydrogen-bond acceptors (Lipinski definition) is 21. The summed E-state index contributed by atoms with van der Waals surface area (Å²) in [4.78, 5) is 0. The van der Waals surface area contributed by atoms with Crippen LogP contribution in [0, 0.1) is 0 Å². The van der Waals surface area contributed by atoms with Crippen LogP contribution in [0.15, 0.2) is 0 Å². The summed E-state index contributed by atoms with van der Waals surface area (Å²) >= 11 is 0. The molecule has 0 spiro atoms. The maximum atomic E-state index is 11.0. The van der Waals surface area contributed by atoms with Crippen LogP contribution in [0.3, 0.4) is 0 Å². The predicted molar refractivity (Wildman–Crippen MR) is 134 cm³/mol. The number of aliphatic hydroxyl groups is 14. The van der Waals surface area contributed by atoms with Crippen LogP contribution in [0.25, 0.3) is 0 Å². The molecule has 4 fully saturated rings. The third-order valence-electron chi connectivity index (χ3n) is 8.19. The third-order valence-corrected chi connectivity index (χ3v) is 8.19. The van der Waals surface area contributed by atoms with E-state index in [9.17, 15) is 71.5 Å². The van der Waals surface area contributed by atoms with Gasteiger partial charge in [-0.1, -0.05) is 0 Å². The van der Waals surface area contributed by atoms with E-state index < -0.39 is 149 Å². The first kappa shape index (κ1) is 37.0. The fraction of sp³-hybridized carbons (Fsp3) is 1.00. The second kappa shape index (κ2) is 15.6. The largest absolute Gasteiger partial charge is 0.394 e. The monoisotopic (exact) mass is 666 g/mol. The summed E-state index contributed by atoms with van der Waals surface area (Å²) in [6, 6.07) is 0. The lowest BCUT2D eigenvalue weighted by Gasteiger charge is -2.48. The SMILES string of the molecule is OC[C@H]1O[C@H](O[C@@H]2[C@H](O)[C@@H](O[C@@H]3[C@@H](O)[C@H](OC[C@H]4OC(O)[C@H](O)[C@@H](O)[C@@H]4O)O[C@H](CO)[C@H]3O)O[C@H](CO)[C@H]2O)[C@H](O)[C@@H](O)[C@H]1O. The first-order valence-corrected chi connectivity index (χ1v) is 14.1. The zero-order valence-corrected chi connectivity index (χ0v) is 23.5. The fourth-order valence-corrected chi connectivity index (χ4v) is 5.43. The van der Waals surface area contributed by atoms with Crippen LogP contribution >= 0.6 is 0 Å². The van der Waals surface area contributed by atoms with Gasteiger partial charge >= 0.3 is 0 Å². The molecule has 0 radical (unpaired) electrons. The van der Waals surface area contributed by atoms with Crippen molar-refractivity contribution in [2.75, 3.05) is 26.4 Å². The lowest BCUT2D eigenvalue weighted by atomic mass is 9.96. The zero-order chi connectivity index (χ0) is 33.3. The van der Waals surface area contributed by atoms with Gasteiger partial charge in [-0.2, -0.15) is 0 Å². The maximum absolute atomic E-state index is 11.0. The van der Waals surface area contributed by atoms with Crippen molar-refractivity contribution >= 4 is 0 Å². The van der Waals surface area contributed by atoms with Gasteiger partial charge in [-0.05, 0) is 0 Å². The van der Waals surface area contributed by atoms with Crippen LogP contribution in [0.5, 0.6) is 0 Å². The van der Waals surface area contributed by atoms with Crippen molar-refractivity contribution in [1.29, 1.82) is 0 Å².